The fraction of sp³-hybridized carbons (Fsp3) is 0.692. The summed E-state index contributed by atoms with van der Waals surface area (Å²) < 4.78 is 5.60. The van der Waals surface area contributed by atoms with Crippen LogP contribution < -0.4 is 9.64 Å². The molecule has 1 aliphatic rings. The number of aromatic nitrogens is 2. The van der Waals surface area contributed by atoms with Crippen LogP contribution in [0.25, 0.3) is 0 Å². The number of rotatable bonds is 5. The second kappa shape index (κ2) is 6.36. The molecule has 1 aromatic rings. The van der Waals surface area contributed by atoms with E-state index < -0.39 is 0 Å². The van der Waals surface area contributed by atoms with Crippen molar-refractivity contribution in [3.05, 3.63) is 12.3 Å². The molecule has 5 heteroatoms. The molecule has 2 rings (SSSR count). The number of ether oxygens (including phenoxy) is 1. The summed E-state index contributed by atoms with van der Waals surface area (Å²) in [6, 6.07) is 1.82. The Balaban J connectivity index is 2.01. The number of anilines is 1. The number of nitrogens with zero attached hydrogens (tertiary/aromatic N) is 3. The Bertz CT molecular complexity index is 386. The molecule has 0 saturated carbocycles. The molecule has 1 unspecified atom stereocenters. The first-order valence-electron chi connectivity index (χ1n) is 6.49. The summed E-state index contributed by atoms with van der Waals surface area (Å²) in [5.41, 5.74) is 0. The van der Waals surface area contributed by atoms with Crippen molar-refractivity contribution in [3.63, 3.8) is 0 Å². The van der Waals surface area contributed by atoms with Gasteiger partial charge in [-0.15, -0.1) is 0 Å². The van der Waals surface area contributed by atoms with E-state index in [1.54, 1.807) is 6.20 Å². The van der Waals surface area contributed by atoms with Gasteiger partial charge in [-0.1, -0.05) is 15.9 Å². The molecule has 4 nitrogen and oxygen atoms in total. The maximum atomic E-state index is 5.60. The molecule has 0 aliphatic carbocycles. The number of hydrogen-bond donors (Lipinski definition) is 0. The van der Waals surface area contributed by atoms with Gasteiger partial charge in [-0.25, -0.2) is 4.98 Å². The SMILES string of the molecule is CC(C)Oc1ccnc(N2CCC(CCBr)C2)n1. The van der Waals surface area contributed by atoms with Gasteiger partial charge in [0.1, 0.15) is 0 Å². The van der Waals surface area contributed by atoms with E-state index >= 15 is 0 Å². The molecule has 0 radical (unpaired) electrons. The fourth-order valence-electron chi connectivity index (χ4n) is 2.20. The van der Waals surface area contributed by atoms with E-state index in [2.05, 4.69) is 30.8 Å². The van der Waals surface area contributed by atoms with E-state index in [-0.39, 0.29) is 6.10 Å². The maximum Gasteiger partial charge on any atom is 0.228 e. The summed E-state index contributed by atoms with van der Waals surface area (Å²) in [5, 5.41) is 1.07. The third kappa shape index (κ3) is 3.57. The molecule has 0 spiro atoms. The summed E-state index contributed by atoms with van der Waals surface area (Å²) in [7, 11) is 0. The van der Waals surface area contributed by atoms with Crippen LogP contribution >= 0.6 is 15.9 Å². The second-order valence-electron chi connectivity index (χ2n) is 4.94. The molecule has 1 aliphatic heterocycles. The molecule has 0 N–H and O–H groups in total. The van der Waals surface area contributed by atoms with Crippen LogP contribution in [0.4, 0.5) is 5.95 Å². The smallest absolute Gasteiger partial charge is 0.228 e. The van der Waals surface area contributed by atoms with E-state index in [4.69, 9.17) is 4.74 Å². The topological polar surface area (TPSA) is 38.2 Å². The standard InChI is InChI=1S/C13H20BrN3O/c1-10(2)18-12-4-7-15-13(16-12)17-8-5-11(9-17)3-6-14/h4,7,10-11H,3,5-6,8-9H2,1-2H3. The lowest BCUT2D eigenvalue weighted by Gasteiger charge is -2.17. The van der Waals surface area contributed by atoms with E-state index in [1.165, 1.54) is 12.8 Å². The summed E-state index contributed by atoms with van der Waals surface area (Å²) in [4.78, 5) is 11.1. The van der Waals surface area contributed by atoms with Crippen LogP contribution in [0.15, 0.2) is 12.3 Å². The highest BCUT2D eigenvalue weighted by Crippen LogP contribution is 2.24. The quantitative estimate of drug-likeness (QED) is 0.783. The monoisotopic (exact) mass is 313 g/mol. The number of hydrogen-bond acceptors (Lipinski definition) is 4. The summed E-state index contributed by atoms with van der Waals surface area (Å²) >= 11 is 3.50. The number of halogens is 1. The largest absolute Gasteiger partial charge is 0.475 e. The Morgan fingerprint density at radius 1 is 1.56 bits per heavy atom. The lowest BCUT2D eigenvalue weighted by Crippen LogP contribution is -2.22. The van der Waals surface area contributed by atoms with Crippen LogP contribution in [-0.4, -0.2) is 34.5 Å². The van der Waals surface area contributed by atoms with Crippen LogP contribution in [0.3, 0.4) is 0 Å². The normalized spacial score (nSPS) is 19.6. The van der Waals surface area contributed by atoms with Crippen LogP contribution in [0.5, 0.6) is 5.88 Å². The minimum Gasteiger partial charge on any atom is -0.475 e. The molecule has 100 valence electrons. The van der Waals surface area contributed by atoms with Crippen molar-refractivity contribution in [2.45, 2.75) is 32.8 Å². The average molecular weight is 314 g/mol. The Morgan fingerprint density at radius 3 is 3.11 bits per heavy atom. The van der Waals surface area contributed by atoms with Gasteiger partial charge in [0.15, 0.2) is 0 Å². The third-order valence-electron chi connectivity index (χ3n) is 3.06. The molecule has 1 fully saturated rings. The predicted octanol–water partition coefficient (Wildman–Crippen LogP) is 2.88. The highest BCUT2D eigenvalue weighted by molar-refractivity contribution is 9.09. The zero-order valence-corrected chi connectivity index (χ0v) is 12.6. The number of alkyl halides is 1. The van der Waals surface area contributed by atoms with Crippen molar-refractivity contribution in [1.82, 2.24) is 9.97 Å². The van der Waals surface area contributed by atoms with E-state index in [9.17, 15) is 0 Å². The summed E-state index contributed by atoms with van der Waals surface area (Å²) in [5.74, 6) is 2.21. The Kier molecular flexibility index (Phi) is 4.80. The van der Waals surface area contributed by atoms with Crippen molar-refractivity contribution in [1.29, 1.82) is 0 Å². The highest BCUT2D eigenvalue weighted by Gasteiger charge is 2.23. The third-order valence-corrected chi connectivity index (χ3v) is 3.52. The first-order valence-corrected chi connectivity index (χ1v) is 7.62. The van der Waals surface area contributed by atoms with Gasteiger partial charge in [0, 0.05) is 30.7 Å². The van der Waals surface area contributed by atoms with Crippen molar-refractivity contribution >= 4 is 21.9 Å². The molecule has 0 amide bonds. The lowest BCUT2D eigenvalue weighted by atomic mass is 10.1. The first kappa shape index (κ1) is 13.6. The maximum absolute atomic E-state index is 5.60. The van der Waals surface area contributed by atoms with Crippen molar-refractivity contribution in [2.75, 3.05) is 23.3 Å². The predicted molar refractivity (Wildman–Crippen MR) is 76.5 cm³/mol. The lowest BCUT2D eigenvalue weighted by molar-refractivity contribution is 0.232. The molecule has 18 heavy (non-hydrogen) atoms. The molecule has 1 saturated heterocycles. The van der Waals surface area contributed by atoms with Crippen LogP contribution in [-0.2, 0) is 0 Å². The zero-order valence-electron chi connectivity index (χ0n) is 11.0. The van der Waals surface area contributed by atoms with Gasteiger partial charge >= 0.3 is 0 Å². The average Bonchev–Trinajstić information content (AvgIpc) is 2.78. The molecular formula is C13H20BrN3O. The Hall–Kier alpha value is -0.840. The van der Waals surface area contributed by atoms with Crippen LogP contribution in [0.2, 0.25) is 0 Å². The summed E-state index contributed by atoms with van der Waals surface area (Å²) in [6.45, 7) is 6.10. The highest BCUT2D eigenvalue weighted by atomic mass is 79.9. The van der Waals surface area contributed by atoms with Crippen molar-refractivity contribution < 1.29 is 4.74 Å². The molecule has 0 bridgehead atoms. The van der Waals surface area contributed by atoms with Crippen molar-refractivity contribution in [2.24, 2.45) is 5.92 Å². The Morgan fingerprint density at radius 2 is 2.39 bits per heavy atom. The van der Waals surface area contributed by atoms with Gasteiger partial charge in [-0.2, -0.15) is 4.98 Å². The van der Waals surface area contributed by atoms with E-state index in [0.29, 0.717) is 5.88 Å². The summed E-state index contributed by atoms with van der Waals surface area (Å²) in [6.07, 6.45) is 4.37. The van der Waals surface area contributed by atoms with Crippen LogP contribution in [0.1, 0.15) is 26.7 Å². The van der Waals surface area contributed by atoms with Gasteiger partial charge in [-0.3, -0.25) is 0 Å². The van der Waals surface area contributed by atoms with Crippen molar-refractivity contribution in [3.8, 4) is 5.88 Å². The Labute approximate surface area is 117 Å². The minimum absolute atomic E-state index is 0.146. The molecule has 1 aromatic heterocycles. The van der Waals surface area contributed by atoms with E-state index in [0.717, 1.165) is 30.3 Å². The molecule has 0 aromatic carbocycles. The second-order valence-corrected chi connectivity index (χ2v) is 5.73. The van der Waals surface area contributed by atoms with E-state index in [1.807, 2.05) is 19.9 Å². The minimum atomic E-state index is 0.146. The molecule has 2 heterocycles. The fourth-order valence-corrected chi connectivity index (χ4v) is 2.84. The zero-order chi connectivity index (χ0) is 13.0. The molecular weight excluding hydrogens is 294 g/mol. The first-order chi connectivity index (χ1) is 8.69. The van der Waals surface area contributed by atoms with Crippen LogP contribution in [0, 0.1) is 5.92 Å². The van der Waals surface area contributed by atoms with Gasteiger partial charge in [-0.05, 0) is 32.6 Å². The molecule has 1 atom stereocenters. The van der Waals surface area contributed by atoms with Gasteiger partial charge in [0.25, 0.3) is 0 Å². The van der Waals surface area contributed by atoms with Gasteiger partial charge < -0.3 is 9.64 Å². The van der Waals surface area contributed by atoms with Gasteiger partial charge in [0.05, 0.1) is 6.10 Å². The van der Waals surface area contributed by atoms with Gasteiger partial charge in [0.2, 0.25) is 11.8 Å².